The van der Waals surface area contributed by atoms with E-state index in [1.54, 1.807) is 0 Å². The fraction of sp³-hybridized carbons (Fsp3) is 1.00. The van der Waals surface area contributed by atoms with Gasteiger partial charge in [-0.25, -0.2) is 8.78 Å². The van der Waals surface area contributed by atoms with Crippen LogP contribution in [0.3, 0.4) is 0 Å². The van der Waals surface area contributed by atoms with Crippen LogP contribution in [0.25, 0.3) is 0 Å². The maximum Gasteiger partial charge on any atom is 0.429 e. The Balaban J connectivity index is 3.08. The van der Waals surface area contributed by atoms with Crippen LogP contribution in [0.1, 0.15) is 0 Å². The Kier molecular flexibility index (Phi) is 2.22. The monoisotopic (exact) mass is 230 g/mol. The second-order valence-corrected chi connectivity index (χ2v) is 2.60. The van der Waals surface area contributed by atoms with Crippen molar-refractivity contribution < 1.29 is 39.9 Å². The quantitative estimate of drug-likeness (QED) is 0.581. The summed E-state index contributed by atoms with van der Waals surface area (Å²) in [6, 6.07) is 0. The van der Waals surface area contributed by atoms with E-state index >= 15 is 0 Å². The van der Waals surface area contributed by atoms with Crippen molar-refractivity contribution in [3.8, 4) is 0 Å². The second-order valence-electron chi connectivity index (χ2n) is 2.60. The summed E-state index contributed by atoms with van der Waals surface area (Å²) in [6.45, 7) is 0. The highest BCUT2D eigenvalue weighted by Gasteiger charge is 2.84. The zero-order valence-corrected chi connectivity index (χ0v) is 6.09. The lowest BCUT2D eigenvalue weighted by Gasteiger charge is -2.47. The number of alkyl halides is 8. The third-order valence-electron chi connectivity index (χ3n) is 1.76. The summed E-state index contributed by atoms with van der Waals surface area (Å²) >= 11 is 0. The Morgan fingerprint density at radius 3 is 1.29 bits per heavy atom. The van der Waals surface area contributed by atoms with Gasteiger partial charge in [0.05, 0.1) is 0 Å². The average Bonchev–Trinajstić information content (AvgIpc) is 1.93. The third kappa shape index (κ3) is 1.17. The summed E-state index contributed by atoms with van der Waals surface area (Å²) < 4.78 is 98.0. The average molecular weight is 230 g/mol. The summed E-state index contributed by atoms with van der Waals surface area (Å²) in [5.74, 6) is 0. The van der Waals surface area contributed by atoms with Gasteiger partial charge in [0.2, 0.25) is 12.5 Å². The van der Waals surface area contributed by atoms with E-state index in [1.165, 1.54) is 0 Å². The minimum absolute atomic E-state index is 2.88. The van der Waals surface area contributed by atoms with Crippen LogP contribution in [0.15, 0.2) is 0 Å². The Labute approximate surface area is 71.6 Å². The topological polar surface area (TPSA) is 9.23 Å². The van der Waals surface area contributed by atoms with E-state index < -0.39 is 30.5 Å². The largest absolute Gasteiger partial charge is 0.429 e. The van der Waals surface area contributed by atoms with Crippen LogP contribution in [-0.2, 0) is 4.74 Å². The summed E-state index contributed by atoms with van der Waals surface area (Å²) in [5, 5.41) is 0. The highest BCUT2D eigenvalue weighted by molar-refractivity contribution is 5.09. The maximum atomic E-state index is 12.3. The predicted molar refractivity (Wildman–Crippen MR) is 25.7 cm³/mol. The SMILES string of the molecule is F[C@@H]1OC(C(F)(F)F)(C(F)(F)F)[C@H]1F. The predicted octanol–water partition coefficient (Wildman–Crippen LogP) is 2.51. The van der Waals surface area contributed by atoms with Crippen LogP contribution in [0, 0.1) is 0 Å². The van der Waals surface area contributed by atoms with Gasteiger partial charge in [-0.2, -0.15) is 26.3 Å². The fourth-order valence-electron chi connectivity index (χ4n) is 1.02. The van der Waals surface area contributed by atoms with Crippen molar-refractivity contribution >= 4 is 0 Å². The van der Waals surface area contributed by atoms with Crippen molar-refractivity contribution in [1.29, 1.82) is 0 Å². The van der Waals surface area contributed by atoms with E-state index in [-0.39, 0.29) is 0 Å². The van der Waals surface area contributed by atoms with Crippen molar-refractivity contribution in [2.75, 3.05) is 0 Å². The van der Waals surface area contributed by atoms with Gasteiger partial charge < -0.3 is 4.74 Å². The molecule has 0 unspecified atom stereocenters. The van der Waals surface area contributed by atoms with Gasteiger partial charge in [-0.3, -0.25) is 0 Å². The molecular weight excluding hydrogens is 228 g/mol. The van der Waals surface area contributed by atoms with Gasteiger partial charge in [-0.1, -0.05) is 0 Å². The Hall–Kier alpha value is -0.600. The standard InChI is InChI=1S/C5H2F8O/c6-1-2(7)14-3(1,4(8,9)10)5(11,12)13/h1-2H/t1-,2+/m0/s1. The molecule has 1 fully saturated rings. The number of ether oxygens (including phenoxy) is 1. The van der Waals surface area contributed by atoms with Gasteiger partial charge in [0.1, 0.15) is 0 Å². The molecule has 0 aromatic rings. The smallest absolute Gasteiger partial charge is 0.318 e. The molecule has 1 heterocycles. The highest BCUT2D eigenvalue weighted by atomic mass is 19.4. The molecular formula is C5H2F8O. The van der Waals surface area contributed by atoms with Gasteiger partial charge >= 0.3 is 12.4 Å². The van der Waals surface area contributed by atoms with Gasteiger partial charge in [-0.05, 0) is 0 Å². The van der Waals surface area contributed by atoms with Crippen LogP contribution in [0.4, 0.5) is 35.1 Å². The fourth-order valence-corrected chi connectivity index (χ4v) is 1.02. The minimum Gasteiger partial charge on any atom is -0.318 e. The number of hydrogen-bond acceptors (Lipinski definition) is 1. The molecule has 14 heavy (non-hydrogen) atoms. The molecule has 9 heteroatoms. The second kappa shape index (κ2) is 2.71. The molecule has 84 valence electrons. The van der Waals surface area contributed by atoms with Gasteiger partial charge in [0.15, 0.2) is 0 Å². The summed E-state index contributed by atoms with van der Waals surface area (Å²) in [5.41, 5.74) is -5.01. The summed E-state index contributed by atoms with van der Waals surface area (Å²) in [6.07, 6.45) is -19.0. The maximum absolute atomic E-state index is 12.3. The first-order valence-electron chi connectivity index (χ1n) is 3.13. The molecule has 0 amide bonds. The van der Waals surface area contributed by atoms with E-state index in [9.17, 15) is 35.1 Å². The zero-order chi connectivity index (χ0) is 11.4. The molecule has 1 nitrogen and oxygen atoms in total. The number of hydrogen-bond donors (Lipinski definition) is 0. The molecule has 1 saturated heterocycles. The minimum atomic E-state index is -6.03. The summed E-state index contributed by atoms with van der Waals surface area (Å²) in [4.78, 5) is 0. The lowest BCUT2D eigenvalue weighted by atomic mass is 9.90. The van der Waals surface area contributed by atoms with Crippen molar-refractivity contribution in [3.63, 3.8) is 0 Å². The zero-order valence-electron chi connectivity index (χ0n) is 6.09. The first-order chi connectivity index (χ1) is 6.04. The van der Waals surface area contributed by atoms with Crippen LogP contribution in [0.2, 0.25) is 0 Å². The number of rotatable bonds is 0. The number of halogens is 8. The first kappa shape index (κ1) is 11.5. The molecule has 1 rings (SSSR count). The van der Waals surface area contributed by atoms with Crippen LogP contribution < -0.4 is 0 Å². The molecule has 0 radical (unpaired) electrons. The highest BCUT2D eigenvalue weighted by Crippen LogP contribution is 2.56. The lowest BCUT2D eigenvalue weighted by molar-refractivity contribution is -0.479. The van der Waals surface area contributed by atoms with E-state index in [1.807, 2.05) is 0 Å². The molecule has 0 bridgehead atoms. The van der Waals surface area contributed by atoms with Crippen molar-refractivity contribution in [1.82, 2.24) is 0 Å². The van der Waals surface area contributed by atoms with Crippen LogP contribution in [0.5, 0.6) is 0 Å². The molecule has 0 spiro atoms. The first-order valence-corrected chi connectivity index (χ1v) is 3.13. The molecule has 0 aromatic heterocycles. The Morgan fingerprint density at radius 1 is 0.857 bits per heavy atom. The van der Waals surface area contributed by atoms with Crippen molar-refractivity contribution in [2.45, 2.75) is 30.5 Å². The van der Waals surface area contributed by atoms with E-state index in [4.69, 9.17) is 0 Å². The Morgan fingerprint density at radius 2 is 1.21 bits per heavy atom. The van der Waals surface area contributed by atoms with Crippen molar-refractivity contribution in [3.05, 3.63) is 0 Å². The summed E-state index contributed by atoms with van der Waals surface area (Å²) in [7, 11) is 0. The van der Waals surface area contributed by atoms with E-state index in [2.05, 4.69) is 4.74 Å². The van der Waals surface area contributed by atoms with E-state index in [0.717, 1.165) is 0 Å². The molecule has 0 N–H and O–H groups in total. The molecule has 2 atom stereocenters. The normalized spacial score (nSPS) is 32.6. The molecule has 0 aromatic carbocycles. The van der Waals surface area contributed by atoms with Crippen LogP contribution in [-0.4, -0.2) is 30.5 Å². The van der Waals surface area contributed by atoms with Gasteiger partial charge in [-0.15, -0.1) is 0 Å². The molecule has 0 aliphatic carbocycles. The van der Waals surface area contributed by atoms with Crippen molar-refractivity contribution in [2.24, 2.45) is 0 Å². The Bertz CT molecular complexity index is 215. The van der Waals surface area contributed by atoms with E-state index in [0.29, 0.717) is 0 Å². The molecule has 1 aliphatic heterocycles. The lowest BCUT2D eigenvalue weighted by Crippen LogP contribution is -2.75. The van der Waals surface area contributed by atoms with Crippen LogP contribution >= 0.6 is 0 Å². The molecule has 1 aliphatic rings. The third-order valence-corrected chi connectivity index (χ3v) is 1.76. The van der Waals surface area contributed by atoms with Gasteiger partial charge in [0, 0.05) is 0 Å². The molecule has 0 saturated carbocycles. The van der Waals surface area contributed by atoms with Gasteiger partial charge in [0.25, 0.3) is 5.60 Å².